The number of hydrogen-bond donors (Lipinski definition) is 16. The molecule has 12 rings (SSSR count). The number of carboxylic acid groups (broad SMARTS) is 1. The van der Waals surface area contributed by atoms with E-state index < -0.39 is 229 Å². The number of rotatable bonds is 15. The van der Waals surface area contributed by atoms with Gasteiger partial charge in [0.05, 0.1) is 89.5 Å². The number of primary amides is 1. The molecule has 7 aliphatic heterocycles. The van der Waals surface area contributed by atoms with Crippen LogP contribution in [0, 0.1) is 17.8 Å². The van der Waals surface area contributed by atoms with Crippen molar-refractivity contribution in [1.29, 1.82) is 0 Å². The Morgan fingerprint density at radius 3 is 1.96 bits per heavy atom. The number of carboxylic acids is 1. The first-order chi connectivity index (χ1) is 48.2. The number of aliphatic hydroxyl groups excluding tert-OH is 6. The Morgan fingerprint density at radius 1 is 0.735 bits per heavy atom. The van der Waals surface area contributed by atoms with Crippen LogP contribution in [0.15, 0.2) is 78.9 Å². The molecule has 7 aliphatic rings. The lowest BCUT2D eigenvalue weighted by Gasteiger charge is -2.47. The van der Waals surface area contributed by atoms with Gasteiger partial charge in [-0.05, 0) is 110 Å². The van der Waals surface area contributed by atoms with E-state index >= 15 is 14.4 Å². The van der Waals surface area contributed by atoms with E-state index in [1.807, 2.05) is 13.8 Å². The first-order valence-electron chi connectivity index (χ1n) is 32.7. The molecule has 102 heavy (non-hydrogen) atoms. The number of carbonyl (C=O) groups excluding carboxylic acids is 7. The van der Waals surface area contributed by atoms with E-state index in [0.717, 1.165) is 36.4 Å². The fourth-order valence-corrected chi connectivity index (χ4v) is 13.9. The molecule has 0 spiro atoms. The van der Waals surface area contributed by atoms with Crippen molar-refractivity contribution in [3.63, 3.8) is 0 Å². The Hall–Kier alpha value is -8.44. The number of phenols is 3. The number of halogens is 2. The van der Waals surface area contributed by atoms with Gasteiger partial charge in [0.1, 0.15) is 70.7 Å². The number of aromatic hydroxyl groups is 3. The van der Waals surface area contributed by atoms with Crippen LogP contribution in [-0.2, 0) is 63.9 Å². The van der Waals surface area contributed by atoms with Gasteiger partial charge in [-0.15, -0.1) is 0 Å². The smallest absolute Gasteiger partial charge is 0.330 e. The molecule has 7 heterocycles. The molecule has 0 saturated carbocycles. The molecule has 0 radical (unpaired) electrons. The zero-order chi connectivity index (χ0) is 74.2. The lowest BCUT2D eigenvalue weighted by molar-refractivity contribution is -0.349. The van der Waals surface area contributed by atoms with E-state index in [-0.39, 0.29) is 73.2 Å². The molecule has 2 saturated heterocycles. The second-order valence-corrected chi connectivity index (χ2v) is 27.7. The van der Waals surface area contributed by atoms with E-state index in [1.54, 1.807) is 6.92 Å². The van der Waals surface area contributed by atoms with Gasteiger partial charge in [-0.25, -0.2) is 4.79 Å². The Bertz CT molecular complexity index is 4080. The van der Waals surface area contributed by atoms with Crippen molar-refractivity contribution in [1.82, 2.24) is 21.3 Å². The van der Waals surface area contributed by atoms with Gasteiger partial charge in [0, 0.05) is 54.0 Å². The molecule has 4 amide bonds. The summed E-state index contributed by atoms with van der Waals surface area (Å²) in [5.41, 5.74) is 8.61. The number of likely N-dealkylation sites (N-methyl/N-ethyl adjacent to an activating group) is 1. The third kappa shape index (κ3) is 16.3. The lowest BCUT2D eigenvalue weighted by Crippen LogP contribution is -2.64. The van der Waals surface area contributed by atoms with Crippen LogP contribution in [0.2, 0.25) is 10.0 Å². The molecule has 5 aromatic rings. The molecule has 0 unspecified atom stereocenters. The number of aliphatic hydroxyl groups is 6. The van der Waals surface area contributed by atoms with Gasteiger partial charge in [-0.2, -0.15) is 0 Å². The molecule has 30 nitrogen and oxygen atoms in total. The lowest BCUT2D eigenvalue weighted by atomic mass is 9.83. The quantitative estimate of drug-likeness (QED) is 0.0715. The number of fused-ring (bicyclic) bond motifs is 15. The van der Waals surface area contributed by atoms with Gasteiger partial charge in [-0.3, -0.25) is 33.6 Å². The largest absolute Gasteiger partial charge is 0.508 e. The monoisotopic (exact) mass is 1460 g/mol. The maximum atomic E-state index is 16.1. The van der Waals surface area contributed by atoms with Crippen molar-refractivity contribution in [3.8, 4) is 51.4 Å². The summed E-state index contributed by atoms with van der Waals surface area (Å²) in [5, 5.41) is 124. The molecular weight excluding hydrogens is 1380 g/mol. The highest BCUT2D eigenvalue weighted by atomic mass is 35.5. The predicted molar refractivity (Wildman–Crippen MR) is 357 cm³/mol. The van der Waals surface area contributed by atoms with Crippen LogP contribution in [0.5, 0.6) is 40.2 Å². The minimum absolute atomic E-state index is 0.0385. The molecule has 0 aliphatic carbocycles. The molecule has 18 N–H and O–H groups in total. The van der Waals surface area contributed by atoms with Crippen LogP contribution in [0.25, 0.3) is 11.1 Å². The first kappa shape index (κ1) is 76.2. The number of hydrogen-bond acceptors (Lipinski definition) is 25. The van der Waals surface area contributed by atoms with E-state index in [9.17, 15) is 75.0 Å². The van der Waals surface area contributed by atoms with Gasteiger partial charge in [0.15, 0.2) is 36.0 Å². The molecule has 2 fully saturated rings. The number of aliphatic carboxylic acids is 1. The Labute approximate surface area is 593 Å². The number of amides is 4. The molecular formula is C70H80Cl2N6O24. The third-order valence-electron chi connectivity index (χ3n) is 19.0. The van der Waals surface area contributed by atoms with Crippen molar-refractivity contribution in [2.45, 2.75) is 170 Å². The Balaban J connectivity index is 1.21. The minimum Gasteiger partial charge on any atom is -0.508 e. The maximum Gasteiger partial charge on any atom is 0.330 e. The van der Waals surface area contributed by atoms with Crippen molar-refractivity contribution >= 4 is 70.1 Å². The number of phenolic OH excluding ortho intramolecular Hbond substituents is 3. The molecule has 0 aromatic heterocycles. The minimum atomic E-state index is -2.19. The summed E-state index contributed by atoms with van der Waals surface area (Å²) in [5.74, 6) is -18.6. The molecule has 548 valence electrons. The summed E-state index contributed by atoms with van der Waals surface area (Å²) < 4.78 is 38.2. The molecule has 32 heteroatoms. The van der Waals surface area contributed by atoms with Crippen LogP contribution >= 0.6 is 23.2 Å². The highest BCUT2D eigenvalue weighted by Gasteiger charge is 2.51. The SMILES string of the molecule is CN[C@H](CC(C)C)C(=O)C[C@H]1C(=O)N[C@@H](CC(N)=O)C(=O)C[C@H]2C(=O)N[C@H]3C(=O)C[C@H](C(=O)N[C@H](C(=O)O)c4cc(O)cc(O)c4-c4cc3ccc4O)[C@H](O)c3ccc(c(Cl)c3)Oc3cc2cc(c3CO[C@@H]2O[C@H](CO)[C@@H](O)[C@H](O)[C@H]2O[C@H]2C[C@](C)(N)[C@H](O)[C@H](C)O2)Oc2ccc(cc2Cl)[C@H]1O. The summed E-state index contributed by atoms with van der Waals surface area (Å²) >= 11 is 14.2. The molecule has 11 bridgehead atoms. The van der Waals surface area contributed by atoms with Crippen LogP contribution in [0.4, 0.5) is 0 Å². The fourth-order valence-electron chi connectivity index (χ4n) is 13.5. The average molecular weight is 1460 g/mol. The van der Waals surface area contributed by atoms with E-state index in [4.69, 9.17) is 63.1 Å². The number of nitrogens with two attached hydrogens (primary N) is 2. The van der Waals surface area contributed by atoms with Crippen molar-refractivity contribution in [2.24, 2.45) is 29.2 Å². The van der Waals surface area contributed by atoms with Crippen LogP contribution in [0.3, 0.4) is 0 Å². The highest BCUT2D eigenvalue weighted by molar-refractivity contribution is 6.32. The second kappa shape index (κ2) is 31.3. The van der Waals surface area contributed by atoms with Gasteiger partial charge < -0.3 is 112 Å². The topological polar surface area (TPSA) is 494 Å². The Kier molecular flexibility index (Phi) is 23.4. The third-order valence-corrected chi connectivity index (χ3v) is 19.6. The second-order valence-electron chi connectivity index (χ2n) is 26.9. The van der Waals surface area contributed by atoms with Crippen molar-refractivity contribution < 1.29 is 118 Å². The van der Waals surface area contributed by atoms with E-state index in [2.05, 4.69) is 21.3 Å². The Morgan fingerprint density at radius 2 is 1.37 bits per heavy atom. The van der Waals surface area contributed by atoms with Crippen molar-refractivity contribution in [2.75, 3.05) is 13.7 Å². The number of ketones is 3. The maximum absolute atomic E-state index is 16.1. The number of benzene rings is 5. The van der Waals surface area contributed by atoms with Crippen LogP contribution in [-0.4, -0.2) is 178 Å². The fraction of sp³-hybridized carbons (Fsp3) is 0.457. The standard InChI is InChI=1S/C70H80Cl2N6O24/c1-27(2)12-42(75-5)45(82)21-37-59(87)30-7-10-49(40(71)14-30)99-51-16-32-17-52(39(51)26-97-69-63(62(90)61(89)53(25-79)101-69)102-55-24-70(4,74)64(91)28(3)98-55)100-50-11-8-31(15-41(50)72)60(88)38-22-48(85)57(77-65(92)34(32)20-46(83)43(23-54(73)86)76-66(37)93)29-6-9-44(81)35(13-29)56-36(18-33(80)19-47(56)84)58(68(95)96)78-67(38)94/h6-11,13-19,27-28,34,37-38,42-43,53,55,57-64,69,75,79-81,84,87-91H,12,20-26,74H2,1-5H3,(H2,73,86)(H,76,93)(H,77,92)(H,78,94)(H,95,96)/t28-,34+,37+,38-,42+,43-,53+,55-,57+,58-,59+,60+,61+,62-,63+,64+,69+,70-/m0/s1. The summed E-state index contributed by atoms with van der Waals surface area (Å²) in [6.07, 6.45) is -19.8. The van der Waals surface area contributed by atoms with Gasteiger partial charge in [0.25, 0.3) is 0 Å². The van der Waals surface area contributed by atoms with Crippen LogP contribution in [0.1, 0.15) is 130 Å². The summed E-state index contributed by atoms with van der Waals surface area (Å²) in [4.78, 5) is 118. The normalized spacial score (nSPS) is 29.5. The van der Waals surface area contributed by atoms with Gasteiger partial charge in [0.2, 0.25) is 23.6 Å². The van der Waals surface area contributed by atoms with Gasteiger partial charge >= 0.3 is 5.97 Å². The number of Topliss-reactive ketones (excluding diaryl/α,β-unsaturated/α-hetero) is 3. The average Bonchev–Trinajstić information content (AvgIpc) is 0.768. The summed E-state index contributed by atoms with van der Waals surface area (Å²) in [6.45, 7) is 5.10. The van der Waals surface area contributed by atoms with Crippen LogP contribution < -0.4 is 42.2 Å². The van der Waals surface area contributed by atoms with Gasteiger partial charge in [-0.1, -0.05) is 55.2 Å². The predicted octanol–water partition coefficient (Wildman–Crippen LogP) is 3.31. The number of carbonyl (C=O) groups is 8. The highest BCUT2D eigenvalue weighted by Crippen LogP contribution is 2.48. The molecule has 5 aromatic carbocycles. The van der Waals surface area contributed by atoms with Crippen molar-refractivity contribution in [3.05, 3.63) is 122 Å². The van der Waals surface area contributed by atoms with E-state index in [1.165, 1.54) is 56.4 Å². The summed E-state index contributed by atoms with van der Waals surface area (Å²) in [7, 11) is 1.53. The number of nitrogens with one attached hydrogen (secondary N) is 4. The first-order valence-corrected chi connectivity index (χ1v) is 33.5. The summed E-state index contributed by atoms with van der Waals surface area (Å²) in [6, 6.07) is 7.76. The van der Waals surface area contributed by atoms with E-state index in [0.29, 0.717) is 6.42 Å². The molecule has 18 atom stereocenters. The zero-order valence-electron chi connectivity index (χ0n) is 55.7. The number of ether oxygens (including phenoxy) is 6. The zero-order valence-corrected chi connectivity index (χ0v) is 57.2.